The van der Waals surface area contributed by atoms with Crippen LogP contribution in [0.15, 0.2) is 89.9 Å². The van der Waals surface area contributed by atoms with Crippen molar-refractivity contribution in [3.63, 3.8) is 0 Å². The van der Waals surface area contributed by atoms with Gasteiger partial charge in [0.2, 0.25) is 11.7 Å². The molecule has 1 aliphatic rings. The van der Waals surface area contributed by atoms with Crippen molar-refractivity contribution in [2.24, 2.45) is 4.99 Å². The summed E-state index contributed by atoms with van der Waals surface area (Å²) in [6.07, 6.45) is -0.834. The van der Waals surface area contributed by atoms with Crippen molar-refractivity contribution in [2.45, 2.75) is 12.1 Å². The number of Topliss-reactive ketones (excluding diaryl/α,β-unsaturated/α-hetero) is 1. The first kappa shape index (κ1) is 17.6. The zero-order chi connectivity index (χ0) is 19.5. The molecule has 0 saturated carbocycles. The van der Waals surface area contributed by atoms with E-state index in [0.717, 1.165) is 5.56 Å². The quantitative estimate of drug-likeness (QED) is 0.378. The summed E-state index contributed by atoms with van der Waals surface area (Å²) in [5.74, 6) is 0.0467. The van der Waals surface area contributed by atoms with Crippen LogP contribution in [0.1, 0.15) is 27.5 Å². The van der Waals surface area contributed by atoms with Gasteiger partial charge in [-0.1, -0.05) is 66.7 Å². The highest BCUT2D eigenvalue weighted by Gasteiger charge is 2.38. The number of ketones is 1. The Bertz CT molecular complexity index is 1050. The molecule has 0 unspecified atom stereocenters. The van der Waals surface area contributed by atoms with E-state index in [4.69, 9.17) is 4.74 Å². The Hall–Kier alpha value is -3.80. The van der Waals surface area contributed by atoms with Crippen molar-refractivity contribution in [1.29, 1.82) is 0 Å². The van der Waals surface area contributed by atoms with Crippen LogP contribution in [0.4, 0.5) is 5.69 Å². The minimum atomic E-state index is -0.834. The van der Waals surface area contributed by atoms with Gasteiger partial charge in [0.1, 0.15) is 6.04 Å². The summed E-state index contributed by atoms with van der Waals surface area (Å²) in [4.78, 5) is 28.3. The molecule has 3 aromatic carbocycles. The molecule has 0 fully saturated rings. The van der Waals surface area contributed by atoms with E-state index in [9.17, 15) is 14.9 Å². The highest BCUT2D eigenvalue weighted by atomic mass is 16.6. The van der Waals surface area contributed by atoms with Gasteiger partial charge in [-0.15, -0.1) is 0 Å². The average molecular weight is 372 g/mol. The van der Waals surface area contributed by atoms with Crippen molar-refractivity contribution in [1.82, 2.24) is 0 Å². The van der Waals surface area contributed by atoms with E-state index in [0.29, 0.717) is 11.1 Å². The number of rotatable bonds is 5. The molecule has 0 saturated heterocycles. The first-order valence-corrected chi connectivity index (χ1v) is 8.77. The highest BCUT2D eigenvalue weighted by molar-refractivity contribution is 6.05. The number of nitro groups is 1. The second-order valence-corrected chi connectivity index (χ2v) is 6.37. The van der Waals surface area contributed by atoms with Crippen LogP contribution in [0.5, 0.6) is 0 Å². The van der Waals surface area contributed by atoms with E-state index in [1.54, 1.807) is 36.4 Å². The van der Waals surface area contributed by atoms with Crippen LogP contribution in [-0.4, -0.2) is 22.7 Å². The minimum absolute atomic E-state index is 0.0575. The summed E-state index contributed by atoms with van der Waals surface area (Å²) in [5.41, 5.74) is 1.79. The molecule has 0 bridgehead atoms. The van der Waals surface area contributed by atoms with Gasteiger partial charge in [-0.2, -0.15) is 0 Å². The second-order valence-electron chi connectivity index (χ2n) is 6.37. The van der Waals surface area contributed by atoms with E-state index in [1.165, 1.54) is 12.1 Å². The Labute approximate surface area is 161 Å². The van der Waals surface area contributed by atoms with Gasteiger partial charge >= 0.3 is 0 Å². The number of hydrogen-bond acceptors (Lipinski definition) is 5. The third kappa shape index (κ3) is 3.40. The number of aliphatic imine (C=N–C) groups is 1. The Morgan fingerprint density at radius 3 is 2.29 bits per heavy atom. The third-order valence-corrected chi connectivity index (χ3v) is 4.54. The lowest BCUT2D eigenvalue weighted by atomic mass is 9.96. The molecule has 28 heavy (non-hydrogen) atoms. The van der Waals surface area contributed by atoms with Gasteiger partial charge in [0, 0.05) is 23.3 Å². The van der Waals surface area contributed by atoms with Crippen molar-refractivity contribution < 1.29 is 14.5 Å². The molecule has 0 aromatic heterocycles. The molecule has 0 N–H and O–H groups in total. The van der Waals surface area contributed by atoms with Crippen LogP contribution in [0, 0.1) is 10.1 Å². The molecular weight excluding hydrogens is 356 g/mol. The summed E-state index contributed by atoms with van der Waals surface area (Å²) < 4.78 is 5.94. The molecule has 6 heteroatoms. The number of hydrogen-bond donors (Lipinski definition) is 0. The molecule has 1 heterocycles. The standard InChI is InChI=1S/C22H16N2O4/c25-20(16-10-5-2-6-11-16)21-19(15-8-3-1-4-9-15)23-22(28-21)17-12-7-13-18(14-17)24(26)27/h1-14,19,21H/t19-,21+/m1/s1. The van der Waals surface area contributed by atoms with Crippen LogP contribution in [0.25, 0.3) is 0 Å². The number of non-ortho nitro benzene ring substituents is 1. The molecule has 6 nitrogen and oxygen atoms in total. The van der Waals surface area contributed by atoms with Gasteiger partial charge < -0.3 is 4.74 Å². The van der Waals surface area contributed by atoms with Crippen molar-refractivity contribution in [2.75, 3.05) is 0 Å². The van der Waals surface area contributed by atoms with Gasteiger partial charge in [-0.25, -0.2) is 4.99 Å². The Morgan fingerprint density at radius 2 is 1.61 bits per heavy atom. The molecule has 0 aliphatic carbocycles. The maximum absolute atomic E-state index is 13.1. The third-order valence-electron chi connectivity index (χ3n) is 4.54. The fourth-order valence-electron chi connectivity index (χ4n) is 3.17. The molecule has 3 aromatic rings. The van der Waals surface area contributed by atoms with Gasteiger partial charge in [0.05, 0.1) is 4.92 Å². The number of benzene rings is 3. The number of nitro benzene ring substituents is 1. The van der Waals surface area contributed by atoms with Crippen LogP contribution in [0.3, 0.4) is 0 Å². The van der Waals surface area contributed by atoms with Gasteiger partial charge in [0.15, 0.2) is 6.10 Å². The monoisotopic (exact) mass is 372 g/mol. The lowest BCUT2D eigenvalue weighted by Crippen LogP contribution is -2.27. The lowest BCUT2D eigenvalue weighted by molar-refractivity contribution is -0.384. The normalized spacial score (nSPS) is 18.2. The Morgan fingerprint density at radius 1 is 0.929 bits per heavy atom. The number of ether oxygens (including phenoxy) is 1. The summed E-state index contributed by atoms with van der Waals surface area (Å²) in [5, 5.41) is 11.1. The van der Waals surface area contributed by atoms with Gasteiger partial charge in [0.25, 0.3) is 5.69 Å². The van der Waals surface area contributed by atoms with Crippen molar-refractivity contribution >= 4 is 17.4 Å². The number of carbonyl (C=O) groups excluding carboxylic acids is 1. The van der Waals surface area contributed by atoms with Gasteiger partial charge in [-0.05, 0) is 11.6 Å². The molecule has 2 atom stereocenters. The zero-order valence-electron chi connectivity index (χ0n) is 14.8. The summed E-state index contributed by atoms with van der Waals surface area (Å²) in [6, 6.07) is 23.8. The predicted octanol–water partition coefficient (Wildman–Crippen LogP) is 4.36. The minimum Gasteiger partial charge on any atom is -0.463 e. The van der Waals surface area contributed by atoms with E-state index < -0.39 is 17.1 Å². The predicted molar refractivity (Wildman–Crippen MR) is 104 cm³/mol. The maximum atomic E-state index is 13.1. The van der Waals surface area contributed by atoms with E-state index >= 15 is 0 Å². The smallest absolute Gasteiger partial charge is 0.270 e. The molecule has 0 spiro atoms. The van der Waals surface area contributed by atoms with Crippen LogP contribution in [-0.2, 0) is 4.74 Å². The highest BCUT2D eigenvalue weighted by Crippen LogP contribution is 2.33. The van der Waals surface area contributed by atoms with E-state index in [1.807, 2.05) is 36.4 Å². The molecule has 0 radical (unpaired) electrons. The van der Waals surface area contributed by atoms with Crippen LogP contribution in [0.2, 0.25) is 0 Å². The lowest BCUT2D eigenvalue weighted by Gasteiger charge is -2.17. The summed E-state index contributed by atoms with van der Waals surface area (Å²) >= 11 is 0. The van der Waals surface area contributed by atoms with E-state index in [-0.39, 0.29) is 17.4 Å². The first-order chi connectivity index (χ1) is 13.6. The molecule has 1 aliphatic heterocycles. The average Bonchev–Trinajstić information content (AvgIpc) is 3.20. The SMILES string of the molecule is O=C(c1ccccc1)[C@H]1OC(c2cccc([N+](=O)[O-])c2)=N[C@@H]1c1ccccc1. The van der Waals surface area contributed by atoms with Crippen LogP contribution >= 0.6 is 0 Å². The van der Waals surface area contributed by atoms with Gasteiger partial charge in [-0.3, -0.25) is 14.9 Å². The van der Waals surface area contributed by atoms with Crippen LogP contribution < -0.4 is 0 Å². The molecule has 138 valence electrons. The number of nitrogens with zero attached hydrogens (tertiary/aromatic N) is 2. The fourth-order valence-corrected chi connectivity index (χ4v) is 3.17. The summed E-state index contributed by atoms with van der Waals surface area (Å²) in [6.45, 7) is 0. The topological polar surface area (TPSA) is 81.8 Å². The van der Waals surface area contributed by atoms with E-state index in [2.05, 4.69) is 4.99 Å². The Kier molecular flexibility index (Phi) is 4.68. The van der Waals surface area contributed by atoms with Crippen molar-refractivity contribution in [3.8, 4) is 0 Å². The first-order valence-electron chi connectivity index (χ1n) is 8.77. The van der Waals surface area contributed by atoms with Crippen molar-refractivity contribution in [3.05, 3.63) is 112 Å². The zero-order valence-corrected chi connectivity index (χ0v) is 14.8. The summed E-state index contributed by atoms with van der Waals surface area (Å²) in [7, 11) is 0. The molecular formula is C22H16N2O4. The largest absolute Gasteiger partial charge is 0.463 e. The maximum Gasteiger partial charge on any atom is 0.270 e. The second kappa shape index (κ2) is 7.44. The Balaban J connectivity index is 1.73. The number of carbonyl (C=O) groups is 1. The fraction of sp³-hybridized carbons (Fsp3) is 0.0909. The molecule has 0 amide bonds. The molecule has 4 rings (SSSR count).